The molecule has 3 aromatic rings. The highest BCUT2D eigenvalue weighted by molar-refractivity contribution is 5.33. The monoisotopic (exact) mass is 362 g/mol. The van der Waals surface area contributed by atoms with Crippen LogP contribution in [0.15, 0.2) is 59.4 Å². The molecule has 0 amide bonds. The van der Waals surface area contributed by atoms with Crippen LogP contribution >= 0.6 is 0 Å². The average Bonchev–Trinajstić information content (AvgIpc) is 3.00. The Balaban J connectivity index is 1.49. The number of likely N-dealkylation sites (tertiary alicyclic amines) is 1. The summed E-state index contributed by atoms with van der Waals surface area (Å²) in [6.45, 7) is 5.16. The summed E-state index contributed by atoms with van der Waals surface area (Å²) in [6.07, 6.45) is 2.05. The first-order chi connectivity index (χ1) is 13.1. The molecule has 5 nitrogen and oxygen atoms in total. The van der Waals surface area contributed by atoms with Crippen molar-refractivity contribution >= 4 is 0 Å². The molecule has 1 fully saturated rings. The van der Waals surface area contributed by atoms with Gasteiger partial charge in [0.2, 0.25) is 0 Å². The number of nitrogens with zero attached hydrogens (tertiary/aromatic N) is 4. The number of aryl methyl sites for hydroxylation is 2. The van der Waals surface area contributed by atoms with Crippen LogP contribution in [0.1, 0.15) is 35.7 Å². The predicted molar refractivity (Wildman–Crippen MR) is 107 cm³/mol. The molecule has 4 rings (SSSR count). The highest BCUT2D eigenvalue weighted by atomic mass is 16.2. The molecule has 140 valence electrons. The number of rotatable bonds is 4. The first-order valence-electron chi connectivity index (χ1n) is 9.61. The molecule has 27 heavy (non-hydrogen) atoms. The normalized spacial score (nSPS) is 15.9. The van der Waals surface area contributed by atoms with Crippen molar-refractivity contribution in [1.29, 1.82) is 0 Å². The topological polar surface area (TPSA) is 43.1 Å². The molecule has 2 heterocycles. The average molecular weight is 362 g/mol. The lowest BCUT2D eigenvalue weighted by molar-refractivity contribution is 0.201. The molecule has 0 unspecified atom stereocenters. The van der Waals surface area contributed by atoms with Gasteiger partial charge in [0.1, 0.15) is 5.82 Å². The van der Waals surface area contributed by atoms with Crippen molar-refractivity contribution in [3.63, 3.8) is 0 Å². The number of piperidine rings is 1. The first-order valence-corrected chi connectivity index (χ1v) is 9.61. The maximum Gasteiger partial charge on any atom is 0.350 e. The van der Waals surface area contributed by atoms with Crippen LogP contribution in [0.3, 0.4) is 0 Å². The van der Waals surface area contributed by atoms with Gasteiger partial charge >= 0.3 is 5.69 Å². The molecule has 1 aliphatic heterocycles. The Morgan fingerprint density at radius 1 is 1.00 bits per heavy atom. The zero-order valence-electron chi connectivity index (χ0n) is 16.0. The molecule has 0 saturated carbocycles. The van der Waals surface area contributed by atoms with Crippen LogP contribution in [-0.2, 0) is 13.6 Å². The lowest BCUT2D eigenvalue weighted by atomic mass is 9.95. The molecule has 1 aromatic heterocycles. The fourth-order valence-electron chi connectivity index (χ4n) is 3.87. The molecule has 1 saturated heterocycles. The fraction of sp³-hybridized carbons (Fsp3) is 0.364. The van der Waals surface area contributed by atoms with Crippen molar-refractivity contribution in [2.24, 2.45) is 7.05 Å². The van der Waals surface area contributed by atoms with E-state index in [-0.39, 0.29) is 5.69 Å². The maximum atomic E-state index is 12.6. The van der Waals surface area contributed by atoms with E-state index in [1.54, 1.807) is 11.6 Å². The van der Waals surface area contributed by atoms with Crippen molar-refractivity contribution in [1.82, 2.24) is 19.2 Å². The fourth-order valence-corrected chi connectivity index (χ4v) is 3.87. The van der Waals surface area contributed by atoms with Crippen molar-refractivity contribution in [3.05, 3.63) is 82.0 Å². The highest BCUT2D eigenvalue weighted by Crippen LogP contribution is 2.28. The van der Waals surface area contributed by atoms with Gasteiger partial charge in [-0.3, -0.25) is 4.90 Å². The molecule has 0 spiro atoms. The van der Waals surface area contributed by atoms with Crippen molar-refractivity contribution in [2.45, 2.75) is 32.2 Å². The van der Waals surface area contributed by atoms with Gasteiger partial charge in [-0.15, -0.1) is 0 Å². The standard InChI is InChI=1S/C22H26N4O/c1-17-8-10-18(11-9-17)16-25-14-12-19(13-15-25)21-23-24(2)22(27)26(21)20-6-4-3-5-7-20/h3-11,19H,12-16H2,1-2H3. The van der Waals surface area contributed by atoms with Crippen LogP contribution in [-0.4, -0.2) is 32.3 Å². The number of para-hydroxylation sites is 1. The second-order valence-electron chi connectivity index (χ2n) is 7.47. The van der Waals surface area contributed by atoms with E-state index in [1.165, 1.54) is 15.8 Å². The van der Waals surface area contributed by atoms with E-state index in [9.17, 15) is 4.79 Å². The molecular weight excluding hydrogens is 336 g/mol. The molecule has 0 atom stereocenters. The van der Waals surface area contributed by atoms with Gasteiger partial charge in [-0.25, -0.2) is 14.0 Å². The van der Waals surface area contributed by atoms with Gasteiger partial charge in [0.05, 0.1) is 5.69 Å². The third-order valence-electron chi connectivity index (χ3n) is 5.44. The van der Waals surface area contributed by atoms with Gasteiger partial charge in [0.25, 0.3) is 0 Å². The minimum Gasteiger partial charge on any atom is -0.299 e. The zero-order valence-corrected chi connectivity index (χ0v) is 16.0. The van der Waals surface area contributed by atoms with Gasteiger partial charge in [0.15, 0.2) is 0 Å². The number of benzene rings is 2. The van der Waals surface area contributed by atoms with Crippen molar-refractivity contribution < 1.29 is 0 Å². The Labute approximate surface area is 159 Å². The van der Waals surface area contributed by atoms with Gasteiger partial charge in [-0.05, 0) is 50.6 Å². The summed E-state index contributed by atoms with van der Waals surface area (Å²) in [6, 6.07) is 18.6. The lowest BCUT2D eigenvalue weighted by Crippen LogP contribution is -2.33. The van der Waals surface area contributed by atoms with Crippen LogP contribution < -0.4 is 5.69 Å². The zero-order chi connectivity index (χ0) is 18.8. The third-order valence-corrected chi connectivity index (χ3v) is 5.44. The van der Waals surface area contributed by atoms with Crippen LogP contribution in [0.5, 0.6) is 0 Å². The Morgan fingerprint density at radius 3 is 2.33 bits per heavy atom. The highest BCUT2D eigenvalue weighted by Gasteiger charge is 2.26. The first kappa shape index (κ1) is 17.7. The number of hydrogen-bond donors (Lipinski definition) is 0. The summed E-state index contributed by atoms with van der Waals surface area (Å²) in [5, 5.41) is 4.58. The second-order valence-corrected chi connectivity index (χ2v) is 7.47. The molecule has 0 bridgehead atoms. The van der Waals surface area contributed by atoms with Gasteiger partial charge < -0.3 is 0 Å². The predicted octanol–water partition coefficient (Wildman–Crippen LogP) is 3.26. The van der Waals surface area contributed by atoms with Crippen molar-refractivity contribution in [3.8, 4) is 5.69 Å². The van der Waals surface area contributed by atoms with E-state index in [2.05, 4.69) is 41.2 Å². The summed E-state index contributed by atoms with van der Waals surface area (Å²) in [5.74, 6) is 1.21. The maximum absolute atomic E-state index is 12.6. The summed E-state index contributed by atoms with van der Waals surface area (Å²) in [4.78, 5) is 15.1. The Morgan fingerprint density at radius 2 is 1.67 bits per heavy atom. The lowest BCUT2D eigenvalue weighted by Gasteiger charge is -2.31. The minimum absolute atomic E-state index is 0.0710. The van der Waals surface area contributed by atoms with Crippen LogP contribution in [0.4, 0.5) is 0 Å². The minimum atomic E-state index is -0.0710. The van der Waals surface area contributed by atoms with E-state index < -0.39 is 0 Å². The second kappa shape index (κ2) is 7.53. The van der Waals surface area contributed by atoms with Crippen LogP contribution in [0, 0.1) is 6.92 Å². The van der Waals surface area contributed by atoms with Gasteiger partial charge in [-0.2, -0.15) is 5.10 Å². The van der Waals surface area contributed by atoms with E-state index in [0.29, 0.717) is 5.92 Å². The number of aromatic nitrogens is 3. The van der Waals surface area contributed by atoms with Gasteiger partial charge in [-0.1, -0.05) is 48.0 Å². The molecule has 5 heteroatoms. The third kappa shape index (κ3) is 3.74. The number of hydrogen-bond acceptors (Lipinski definition) is 3. The summed E-state index contributed by atoms with van der Waals surface area (Å²) in [5.41, 5.74) is 3.48. The Kier molecular flexibility index (Phi) is 4.94. The van der Waals surface area contributed by atoms with Crippen LogP contribution in [0.25, 0.3) is 5.69 Å². The molecular formula is C22H26N4O. The van der Waals surface area contributed by atoms with E-state index in [4.69, 9.17) is 0 Å². The SMILES string of the molecule is Cc1ccc(CN2CCC(c3nn(C)c(=O)n3-c3ccccc3)CC2)cc1. The summed E-state index contributed by atoms with van der Waals surface area (Å²) in [7, 11) is 1.73. The molecule has 0 aliphatic carbocycles. The largest absolute Gasteiger partial charge is 0.350 e. The van der Waals surface area contributed by atoms with E-state index >= 15 is 0 Å². The smallest absolute Gasteiger partial charge is 0.299 e. The van der Waals surface area contributed by atoms with Crippen molar-refractivity contribution in [2.75, 3.05) is 13.1 Å². The van der Waals surface area contributed by atoms with E-state index in [1.807, 2.05) is 30.3 Å². The Hall–Kier alpha value is -2.66. The molecule has 0 radical (unpaired) electrons. The Bertz CT molecular complexity index is 948. The van der Waals surface area contributed by atoms with Crippen LogP contribution in [0.2, 0.25) is 0 Å². The quantitative estimate of drug-likeness (QED) is 0.715. The molecule has 2 aromatic carbocycles. The summed E-state index contributed by atoms with van der Waals surface area (Å²) >= 11 is 0. The molecule has 0 N–H and O–H groups in total. The summed E-state index contributed by atoms with van der Waals surface area (Å²) < 4.78 is 3.24. The van der Waals surface area contributed by atoms with Gasteiger partial charge in [0, 0.05) is 19.5 Å². The molecule has 1 aliphatic rings. The van der Waals surface area contributed by atoms with E-state index in [0.717, 1.165) is 44.0 Å².